The zero-order valence-corrected chi connectivity index (χ0v) is 21.6. The van der Waals surface area contributed by atoms with E-state index in [9.17, 15) is 9.59 Å². The highest BCUT2D eigenvalue weighted by Gasteiger charge is 2.17. The van der Waals surface area contributed by atoms with E-state index in [0.29, 0.717) is 16.9 Å². The number of carbonyl (C=O) groups excluding carboxylic acids is 2. The van der Waals surface area contributed by atoms with Crippen LogP contribution in [0.3, 0.4) is 0 Å². The molecule has 0 saturated carbocycles. The van der Waals surface area contributed by atoms with Gasteiger partial charge in [0, 0.05) is 44.8 Å². The first kappa shape index (κ1) is 26.8. The maximum Gasteiger partial charge on any atom is 0.513 e. The van der Waals surface area contributed by atoms with Crippen LogP contribution in [-0.2, 0) is 17.8 Å². The minimum Gasteiger partial charge on any atom is -0.493 e. The predicted octanol–water partition coefficient (Wildman–Crippen LogP) is 3.92. The maximum absolute atomic E-state index is 12.5. The normalized spacial score (nSPS) is 14.3. The van der Waals surface area contributed by atoms with Crippen LogP contribution in [0.1, 0.15) is 27.0 Å². The predicted molar refractivity (Wildman–Crippen MR) is 145 cm³/mol. The molecular weight excluding hydrogens is 484 g/mol. The first-order valence-corrected chi connectivity index (χ1v) is 12.4. The Kier molecular flexibility index (Phi) is 9.44. The average molecular weight is 517 g/mol. The van der Waals surface area contributed by atoms with Crippen LogP contribution in [0, 0.1) is 0 Å². The number of benzene rings is 3. The number of piperazine rings is 1. The van der Waals surface area contributed by atoms with E-state index in [4.69, 9.17) is 9.47 Å². The van der Waals surface area contributed by atoms with Gasteiger partial charge in [0.1, 0.15) is 0 Å². The maximum atomic E-state index is 12.5. The van der Waals surface area contributed by atoms with Crippen molar-refractivity contribution in [1.82, 2.24) is 15.2 Å². The summed E-state index contributed by atoms with van der Waals surface area (Å²) in [6.45, 7) is 5.97. The Morgan fingerprint density at radius 1 is 0.842 bits per heavy atom. The van der Waals surface area contributed by atoms with E-state index in [2.05, 4.69) is 49.3 Å². The number of hydrazone groups is 1. The van der Waals surface area contributed by atoms with Crippen molar-refractivity contribution in [2.45, 2.75) is 13.1 Å². The summed E-state index contributed by atoms with van der Waals surface area (Å²) in [5.74, 6) is 0.244. The van der Waals surface area contributed by atoms with Gasteiger partial charge in [-0.05, 0) is 47.0 Å². The molecule has 1 fully saturated rings. The Labute approximate surface area is 222 Å². The van der Waals surface area contributed by atoms with Crippen molar-refractivity contribution >= 4 is 18.3 Å². The lowest BCUT2D eigenvalue weighted by molar-refractivity contribution is 0.0954. The molecule has 198 valence electrons. The molecule has 3 aromatic rings. The van der Waals surface area contributed by atoms with E-state index in [1.165, 1.54) is 31.6 Å². The molecule has 9 nitrogen and oxygen atoms in total. The molecule has 0 radical (unpaired) electrons. The summed E-state index contributed by atoms with van der Waals surface area (Å²) in [5.41, 5.74) is 6.23. The zero-order chi connectivity index (χ0) is 26.7. The first-order chi connectivity index (χ1) is 18.5. The second-order valence-corrected chi connectivity index (χ2v) is 8.90. The van der Waals surface area contributed by atoms with Crippen molar-refractivity contribution in [2.75, 3.05) is 40.4 Å². The molecule has 0 aromatic heterocycles. The molecule has 9 heteroatoms. The van der Waals surface area contributed by atoms with E-state index < -0.39 is 6.16 Å². The molecule has 0 bridgehead atoms. The van der Waals surface area contributed by atoms with Crippen LogP contribution >= 0.6 is 0 Å². The summed E-state index contributed by atoms with van der Waals surface area (Å²) in [7, 11) is 2.68. The van der Waals surface area contributed by atoms with Crippen molar-refractivity contribution < 1.29 is 23.8 Å². The Morgan fingerprint density at radius 2 is 1.47 bits per heavy atom. The number of rotatable bonds is 9. The number of amides is 1. The van der Waals surface area contributed by atoms with E-state index >= 15 is 0 Å². The van der Waals surface area contributed by atoms with Gasteiger partial charge in [0.15, 0.2) is 11.5 Å². The van der Waals surface area contributed by atoms with Gasteiger partial charge >= 0.3 is 6.16 Å². The molecule has 1 aliphatic rings. The first-order valence-electron chi connectivity index (χ1n) is 12.4. The van der Waals surface area contributed by atoms with Crippen LogP contribution < -0.4 is 14.9 Å². The van der Waals surface area contributed by atoms with Crippen LogP contribution in [0.15, 0.2) is 77.9 Å². The van der Waals surface area contributed by atoms with E-state index in [1.807, 2.05) is 30.3 Å². The quantitative estimate of drug-likeness (QED) is 0.199. The lowest BCUT2D eigenvalue weighted by Crippen LogP contribution is -2.45. The minimum atomic E-state index is -0.843. The summed E-state index contributed by atoms with van der Waals surface area (Å²) in [6.07, 6.45) is 0.637. The fourth-order valence-corrected chi connectivity index (χ4v) is 4.18. The second-order valence-electron chi connectivity index (χ2n) is 8.90. The van der Waals surface area contributed by atoms with Crippen LogP contribution in [0.4, 0.5) is 4.79 Å². The molecule has 4 rings (SSSR count). The smallest absolute Gasteiger partial charge is 0.493 e. The number of carbonyl (C=O) groups is 2. The van der Waals surface area contributed by atoms with E-state index in [0.717, 1.165) is 39.3 Å². The number of nitrogens with one attached hydrogen (secondary N) is 1. The second kappa shape index (κ2) is 13.4. The van der Waals surface area contributed by atoms with Crippen LogP contribution in [0.25, 0.3) is 0 Å². The monoisotopic (exact) mass is 516 g/mol. The molecule has 3 aromatic carbocycles. The zero-order valence-electron chi connectivity index (χ0n) is 21.6. The number of hydrogen-bond donors (Lipinski definition) is 1. The summed E-state index contributed by atoms with van der Waals surface area (Å²) < 4.78 is 14.7. The van der Waals surface area contributed by atoms with Crippen LogP contribution in [-0.4, -0.2) is 68.5 Å². The number of methoxy groups -OCH3 is 2. The number of nitrogens with zero attached hydrogens (tertiary/aromatic N) is 3. The van der Waals surface area contributed by atoms with Gasteiger partial charge in [-0.3, -0.25) is 14.6 Å². The molecule has 0 atom stereocenters. The van der Waals surface area contributed by atoms with Crippen molar-refractivity contribution in [2.24, 2.45) is 5.10 Å². The molecule has 38 heavy (non-hydrogen) atoms. The number of hydrogen-bond acceptors (Lipinski definition) is 8. The number of ether oxygens (including phenoxy) is 3. The lowest BCUT2D eigenvalue weighted by atomic mass is 10.1. The molecule has 1 aliphatic heterocycles. The van der Waals surface area contributed by atoms with Gasteiger partial charge in [-0.2, -0.15) is 5.10 Å². The average Bonchev–Trinajstić information content (AvgIpc) is 2.95. The summed E-state index contributed by atoms with van der Waals surface area (Å²) in [5, 5.41) is 4.03. The Balaban J connectivity index is 1.24. The third-order valence-corrected chi connectivity index (χ3v) is 6.26. The molecule has 1 heterocycles. The van der Waals surface area contributed by atoms with Crippen molar-refractivity contribution in [3.05, 3.63) is 95.1 Å². The van der Waals surface area contributed by atoms with Gasteiger partial charge in [-0.25, -0.2) is 10.2 Å². The van der Waals surface area contributed by atoms with Gasteiger partial charge in [0.25, 0.3) is 5.91 Å². The summed E-state index contributed by atoms with van der Waals surface area (Å²) in [4.78, 5) is 28.8. The van der Waals surface area contributed by atoms with Crippen molar-refractivity contribution in [3.8, 4) is 11.5 Å². The van der Waals surface area contributed by atoms with Crippen molar-refractivity contribution in [3.63, 3.8) is 0 Å². The van der Waals surface area contributed by atoms with Gasteiger partial charge in [0.05, 0.1) is 20.4 Å². The molecule has 1 N–H and O–H groups in total. The minimum absolute atomic E-state index is 0.217. The summed E-state index contributed by atoms with van der Waals surface area (Å²) in [6, 6.07) is 23.0. The topological polar surface area (TPSA) is 92.7 Å². The fraction of sp³-hybridized carbons (Fsp3) is 0.276. The lowest BCUT2D eigenvalue weighted by Gasteiger charge is -2.34. The Bertz CT molecular complexity index is 1240. The van der Waals surface area contributed by atoms with Crippen LogP contribution in [0.5, 0.6) is 11.5 Å². The highest BCUT2D eigenvalue weighted by atomic mass is 16.7. The molecule has 1 amide bonds. The third-order valence-electron chi connectivity index (χ3n) is 6.26. The van der Waals surface area contributed by atoms with Gasteiger partial charge < -0.3 is 14.2 Å². The molecule has 0 unspecified atom stereocenters. The molecular formula is C29H32N4O5. The highest BCUT2D eigenvalue weighted by Crippen LogP contribution is 2.27. The van der Waals surface area contributed by atoms with Gasteiger partial charge in [-0.15, -0.1) is 0 Å². The van der Waals surface area contributed by atoms with Gasteiger partial charge in [0.2, 0.25) is 0 Å². The third kappa shape index (κ3) is 7.64. The largest absolute Gasteiger partial charge is 0.513 e. The van der Waals surface area contributed by atoms with Crippen LogP contribution in [0.2, 0.25) is 0 Å². The van der Waals surface area contributed by atoms with E-state index in [1.54, 1.807) is 18.2 Å². The molecule has 1 saturated heterocycles. The Morgan fingerprint density at radius 3 is 2.08 bits per heavy atom. The van der Waals surface area contributed by atoms with Crippen molar-refractivity contribution in [1.29, 1.82) is 0 Å². The fourth-order valence-electron chi connectivity index (χ4n) is 4.18. The van der Waals surface area contributed by atoms with Gasteiger partial charge in [-0.1, -0.05) is 42.5 Å². The molecule has 0 aliphatic carbocycles. The Hall–Kier alpha value is -4.21. The summed E-state index contributed by atoms with van der Waals surface area (Å²) >= 11 is 0. The standard InChI is InChI=1S/C29H32N4O5/c1-36-27-18-24(10-13-26(27)38-29(35)37-2)19-30-31-28(34)25-11-8-23(9-12-25)21-33-16-14-32(15-17-33)20-22-6-4-3-5-7-22/h3-13,18-19H,14-17,20-21H2,1-2H3,(H,31,34)/b30-19-. The highest BCUT2D eigenvalue weighted by molar-refractivity contribution is 5.95. The molecule has 0 spiro atoms. The SMILES string of the molecule is COC(=O)Oc1ccc(/C=N\NC(=O)c2ccc(CN3CCN(Cc4ccccc4)CC3)cc2)cc1OC. The van der Waals surface area contributed by atoms with E-state index in [-0.39, 0.29) is 11.7 Å².